The summed E-state index contributed by atoms with van der Waals surface area (Å²) >= 11 is 1.40. The number of carbonyl (C=O) groups is 1. The van der Waals surface area contributed by atoms with Crippen molar-refractivity contribution in [2.75, 3.05) is 12.8 Å². The zero-order chi connectivity index (χ0) is 20.4. The van der Waals surface area contributed by atoms with Crippen LogP contribution < -0.4 is 0 Å². The van der Waals surface area contributed by atoms with Crippen LogP contribution in [-0.4, -0.2) is 38.2 Å². The molecule has 3 aromatic heterocycles. The van der Waals surface area contributed by atoms with E-state index in [1.165, 1.54) is 11.8 Å². The van der Waals surface area contributed by atoms with Crippen LogP contribution in [0.5, 0.6) is 0 Å². The molecule has 0 N–H and O–H groups in total. The number of carbonyl (C=O) groups excluding carboxylic acids is 1. The number of hydrogen-bond acceptors (Lipinski definition) is 5. The first-order chi connectivity index (χ1) is 14.0. The van der Waals surface area contributed by atoms with Gasteiger partial charge in [-0.2, -0.15) is 5.10 Å². The molecule has 4 aromatic rings. The van der Waals surface area contributed by atoms with Crippen LogP contribution in [0.4, 0.5) is 0 Å². The summed E-state index contributed by atoms with van der Waals surface area (Å²) in [7, 11) is 1.77. The van der Waals surface area contributed by atoms with Crippen LogP contribution in [0.15, 0.2) is 64.4 Å². The summed E-state index contributed by atoms with van der Waals surface area (Å²) in [5.74, 6) is 1.05. The van der Waals surface area contributed by atoms with E-state index >= 15 is 0 Å². The predicted octanol–water partition coefficient (Wildman–Crippen LogP) is 4.36. The Hall–Kier alpha value is -3.06. The maximum atomic E-state index is 12.6. The SMILES string of the molecule is Cc1cc(C)c2c(-c3ccccc3)nc(SCC(=O)N(C)Cc3ccco3)n2n1. The molecule has 1 aromatic carbocycles. The molecule has 0 saturated carbocycles. The number of amides is 1. The molecule has 0 unspecified atom stereocenters. The first-order valence-electron chi connectivity index (χ1n) is 9.34. The van der Waals surface area contributed by atoms with E-state index in [9.17, 15) is 4.79 Å². The van der Waals surface area contributed by atoms with Crippen LogP contribution in [0.1, 0.15) is 17.0 Å². The Bertz CT molecular complexity index is 1140. The zero-order valence-electron chi connectivity index (χ0n) is 16.6. The quantitative estimate of drug-likeness (QED) is 0.445. The smallest absolute Gasteiger partial charge is 0.233 e. The molecule has 0 aliphatic rings. The molecule has 1 amide bonds. The van der Waals surface area contributed by atoms with E-state index in [0.717, 1.165) is 33.8 Å². The molecule has 0 spiro atoms. The van der Waals surface area contributed by atoms with Gasteiger partial charge in [-0.05, 0) is 37.6 Å². The van der Waals surface area contributed by atoms with Crippen LogP contribution in [0, 0.1) is 13.8 Å². The normalized spacial score (nSPS) is 11.1. The standard InChI is InChI=1S/C22H22N4O2S/c1-15-12-16(2)24-26-21(15)20(17-8-5-4-6-9-17)23-22(26)29-14-19(27)25(3)13-18-10-7-11-28-18/h4-12H,13-14H2,1-3H3. The number of nitrogens with zero attached hydrogens (tertiary/aromatic N) is 4. The van der Waals surface area contributed by atoms with Gasteiger partial charge in [0.15, 0.2) is 5.16 Å². The van der Waals surface area contributed by atoms with Crippen LogP contribution in [0.3, 0.4) is 0 Å². The van der Waals surface area contributed by atoms with Gasteiger partial charge in [0.1, 0.15) is 5.76 Å². The third-order valence-electron chi connectivity index (χ3n) is 4.65. The van der Waals surface area contributed by atoms with E-state index in [-0.39, 0.29) is 11.7 Å². The van der Waals surface area contributed by atoms with E-state index in [1.54, 1.807) is 18.2 Å². The largest absolute Gasteiger partial charge is 0.467 e. The second kappa shape index (κ2) is 8.13. The van der Waals surface area contributed by atoms with Crippen LogP contribution in [0.25, 0.3) is 16.8 Å². The topological polar surface area (TPSA) is 63.6 Å². The van der Waals surface area contributed by atoms with Gasteiger partial charge in [-0.3, -0.25) is 4.79 Å². The lowest BCUT2D eigenvalue weighted by Gasteiger charge is -2.15. The molecule has 29 heavy (non-hydrogen) atoms. The number of furan rings is 1. The monoisotopic (exact) mass is 406 g/mol. The van der Waals surface area contributed by atoms with Crippen molar-refractivity contribution in [3.05, 3.63) is 71.8 Å². The molecule has 0 aliphatic heterocycles. The maximum absolute atomic E-state index is 12.6. The van der Waals surface area contributed by atoms with E-state index in [1.807, 2.05) is 53.9 Å². The van der Waals surface area contributed by atoms with Crippen molar-refractivity contribution in [3.63, 3.8) is 0 Å². The van der Waals surface area contributed by atoms with Crippen LogP contribution >= 0.6 is 11.8 Å². The minimum atomic E-state index is 0.00814. The molecule has 3 heterocycles. The average Bonchev–Trinajstić information content (AvgIpc) is 3.34. The fraction of sp³-hybridized carbons (Fsp3) is 0.227. The molecule has 0 aliphatic carbocycles. The lowest BCUT2D eigenvalue weighted by molar-refractivity contribution is -0.127. The number of thioether (sulfide) groups is 1. The molecule has 6 nitrogen and oxygen atoms in total. The molecular weight excluding hydrogens is 384 g/mol. The van der Waals surface area contributed by atoms with Crippen molar-refractivity contribution in [2.24, 2.45) is 0 Å². The second-order valence-electron chi connectivity index (χ2n) is 6.96. The Morgan fingerprint density at radius 1 is 1.17 bits per heavy atom. The predicted molar refractivity (Wildman–Crippen MR) is 114 cm³/mol. The Morgan fingerprint density at radius 2 is 1.97 bits per heavy atom. The fourth-order valence-electron chi connectivity index (χ4n) is 3.26. The highest BCUT2D eigenvalue weighted by molar-refractivity contribution is 7.99. The lowest BCUT2D eigenvalue weighted by atomic mass is 10.1. The van der Waals surface area contributed by atoms with Gasteiger partial charge in [0.25, 0.3) is 0 Å². The van der Waals surface area contributed by atoms with Gasteiger partial charge in [0.2, 0.25) is 5.91 Å². The molecular formula is C22H22N4O2S. The number of hydrogen-bond donors (Lipinski definition) is 0. The Balaban J connectivity index is 1.61. The van der Waals surface area contributed by atoms with Gasteiger partial charge in [-0.1, -0.05) is 42.1 Å². The Labute approximate surface area is 173 Å². The number of imidazole rings is 1. The minimum Gasteiger partial charge on any atom is -0.467 e. The summed E-state index contributed by atoms with van der Waals surface area (Å²) < 4.78 is 7.18. The lowest BCUT2D eigenvalue weighted by Crippen LogP contribution is -2.27. The molecule has 0 fully saturated rings. The van der Waals surface area contributed by atoms with Crippen LogP contribution in [0.2, 0.25) is 0 Å². The number of benzene rings is 1. The third kappa shape index (κ3) is 4.05. The van der Waals surface area contributed by atoms with Gasteiger partial charge in [-0.15, -0.1) is 0 Å². The molecule has 4 rings (SSSR count). The fourth-order valence-corrected chi connectivity index (χ4v) is 4.14. The summed E-state index contributed by atoms with van der Waals surface area (Å²) in [6.07, 6.45) is 1.61. The summed E-state index contributed by atoms with van der Waals surface area (Å²) in [5, 5.41) is 5.37. The van der Waals surface area contributed by atoms with Crippen molar-refractivity contribution >= 4 is 23.2 Å². The molecule has 7 heteroatoms. The highest BCUT2D eigenvalue weighted by atomic mass is 32.2. The van der Waals surface area contributed by atoms with Crippen molar-refractivity contribution in [1.82, 2.24) is 19.5 Å². The summed E-state index contributed by atoms with van der Waals surface area (Å²) in [6, 6.07) is 15.8. The van der Waals surface area contributed by atoms with Gasteiger partial charge in [0.05, 0.1) is 35.5 Å². The maximum Gasteiger partial charge on any atom is 0.233 e. The number of rotatable bonds is 6. The summed E-state index contributed by atoms with van der Waals surface area (Å²) in [4.78, 5) is 19.1. The van der Waals surface area contributed by atoms with E-state index in [2.05, 4.69) is 18.1 Å². The molecule has 0 radical (unpaired) electrons. The molecule has 148 valence electrons. The van der Waals surface area contributed by atoms with Gasteiger partial charge in [-0.25, -0.2) is 9.50 Å². The van der Waals surface area contributed by atoms with Gasteiger partial charge >= 0.3 is 0 Å². The highest BCUT2D eigenvalue weighted by Crippen LogP contribution is 2.30. The van der Waals surface area contributed by atoms with E-state index in [0.29, 0.717) is 11.7 Å². The van der Waals surface area contributed by atoms with Crippen molar-refractivity contribution in [2.45, 2.75) is 25.5 Å². The average molecular weight is 407 g/mol. The first-order valence-corrected chi connectivity index (χ1v) is 10.3. The van der Waals surface area contributed by atoms with Gasteiger partial charge < -0.3 is 9.32 Å². The van der Waals surface area contributed by atoms with Crippen molar-refractivity contribution < 1.29 is 9.21 Å². The number of aromatic nitrogens is 3. The summed E-state index contributed by atoms with van der Waals surface area (Å²) in [5.41, 5.74) is 4.91. The highest BCUT2D eigenvalue weighted by Gasteiger charge is 2.19. The third-order valence-corrected chi connectivity index (χ3v) is 5.57. The van der Waals surface area contributed by atoms with E-state index < -0.39 is 0 Å². The van der Waals surface area contributed by atoms with Crippen LogP contribution in [-0.2, 0) is 11.3 Å². The molecule has 0 bridgehead atoms. The number of aryl methyl sites for hydroxylation is 2. The minimum absolute atomic E-state index is 0.00814. The number of fused-ring (bicyclic) bond motifs is 1. The van der Waals surface area contributed by atoms with Crippen molar-refractivity contribution in [1.29, 1.82) is 0 Å². The Kier molecular flexibility index (Phi) is 5.40. The van der Waals surface area contributed by atoms with Crippen molar-refractivity contribution in [3.8, 4) is 11.3 Å². The van der Waals surface area contributed by atoms with Gasteiger partial charge in [0, 0.05) is 12.6 Å². The molecule has 0 atom stereocenters. The summed E-state index contributed by atoms with van der Waals surface area (Å²) in [6.45, 7) is 4.47. The molecule has 0 saturated heterocycles. The zero-order valence-corrected chi connectivity index (χ0v) is 17.4. The van der Waals surface area contributed by atoms with E-state index in [4.69, 9.17) is 9.40 Å². The first kappa shape index (κ1) is 19.3. The second-order valence-corrected chi connectivity index (χ2v) is 7.90. The Morgan fingerprint density at radius 3 is 2.69 bits per heavy atom.